The van der Waals surface area contributed by atoms with Gasteiger partial charge in [0.05, 0.1) is 16.8 Å². The van der Waals surface area contributed by atoms with Gasteiger partial charge in [-0.15, -0.1) is 16.9 Å². The fourth-order valence-corrected chi connectivity index (χ4v) is 3.58. The van der Waals surface area contributed by atoms with Crippen molar-refractivity contribution < 1.29 is 4.39 Å². The Balaban J connectivity index is 1.73. The molecule has 1 aliphatic heterocycles. The molecule has 7 heteroatoms. The fourth-order valence-electron chi connectivity index (χ4n) is 2.31. The van der Waals surface area contributed by atoms with Crippen LogP contribution in [0.2, 0.25) is 5.02 Å². The number of hydrogen-bond donors (Lipinski definition) is 2. The molecule has 0 radical (unpaired) electrons. The van der Waals surface area contributed by atoms with E-state index in [-0.39, 0.29) is 17.8 Å². The molecule has 2 aromatic rings. The zero-order valence-electron chi connectivity index (χ0n) is 12.1. The van der Waals surface area contributed by atoms with Gasteiger partial charge in [-0.25, -0.2) is 4.39 Å². The molecular formula is C16H14ClFN4S. The molecule has 23 heavy (non-hydrogen) atoms. The van der Waals surface area contributed by atoms with E-state index >= 15 is 0 Å². The molecule has 0 spiro atoms. The van der Waals surface area contributed by atoms with Crippen molar-refractivity contribution in [3.05, 3.63) is 58.9 Å². The summed E-state index contributed by atoms with van der Waals surface area (Å²) >= 11 is 7.71. The highest BCUT2D eigenvalue weighted by Gasteiger charge is 2.21. The highest BCUT2D eigenvalue weighted by atomic mass is 35.5. The van der Waals surface area contributed by atoms with Gasteiger partial charge in [-0.1, -0.05) is 23.7 Å². The second-order valence-corrected chi connectivity index (χ2v) is 6.55. The number of guanidine groups is 1. The standard InChI is InChI=1S/C16H14ClFN4S/c17-12-3-1-2-4-14(12)20-16(19)22-21-13-7-8-23-15-6-5-10(18)9-11(13)15/h1-6,9,13H,7-8H2,(H2,19,20). The Morgan fingerprint density at radius 1 is 1.30 bits per heavy atom. The number of nitrogens with zero attached hydrogens (tertiary/aromatic N) is 2. The minimum absolute atomic E-state index is 0.103. The number of hydrogen-bond acceptors (Lipinski definition) is 3. The Morgan fingerprint density at radius 2 is 2.13 bits per heavy atom. The number of azo groups is 1. The molecule has 0 aliphatic carbocycles. The molecule has 0 fully saturated rings. The number of rotatable bonds is 2. The lowest BCUT2D eigenvalue weighted by Crippen LogP contribution is -2.09. The van der Waals surface area contributed by atoms with Gasteiger partial charge in [0.1, 0.15) is 5.82 Å². The monoisotopic (exact) mass is 348 g/mol. The van der Waals surface area contributed by atoms with Crippen molar-refractivity contribution in [2.45, 2.75) is 17.4 Å². The van der Waals surface area contributed by atoms with Crippen LogP contribution in [0.25, 0.3) is 0 Å². The van der Waals surface area contributed by atoms with Crippen molar-refractivity contribution in [3.8, 4) is 0 Å². The molecule has 1 unspecified atom stereocenters. The van der Waals surface area contributed by atoms with Crippen LogP contribution in [0.4, 0.5) is 10.1 Å². The maximum atomic E-state index is 13.4. The third-order valence-electron chi connectivity index (χ3n) is 3.40. The molecule has 1 atom stereocenters. The van der Waals surface area contributed by atoms with E-state index in [9.17, 15) is 4.39 Å². The zero-order chi connectivity index (χ0) is 16.2. The molecule has 0 saturated heterocycles. The lowest BCUT2D eigenvalue weighted by Gasteiger charge is -2.20. The number of nitrogens with one attached hydrogen (secondary N) is 2. The van der Waals surface area contributed by atoms with Gasteiger partial charge in [-0.2, -0.15) is 5.11 Å². The van der Waals surface area contributed by atoms with Crippen molar-refractivity contribution >= 4 is 35.0 Å². The van der Waals surface area contributed by atoms with Gasteiger partial charge in [0.15, 0.2) is 0 Å². The maximum Gasteiger partial charge on any atom is 0.239 e. The van der Waals surface area contributed by atoms with E-state index in [1.165, 1.54) is 12.1 Å². The van der Waals surface area contributed by atoms with Crippen LogP contribution in [-0.2, 0) is 0 Å². The first kappa shape index (κ1) is 16.0. The van der Waals surface area contributed by atoms with Crippen LogP contribution in [0.3, 0.4) is 0 Å². The van der Waals surface area contributed by atoms with Gasteiger partial charge in [0.2, 0.25) is 5.96 Å². The molecular weight excluding hydrogens is 335 g/mol. The lowest BCUT2D eigenvalue weighted by atomic mass is 10.0. The second kappa shape index (κ2) is 7.10. The minimum Gasteiger partial charge on any atom is -0.322 e. The van der Waals surface area contributed by atoms with Crippen molar-refractivity contribution in [1.29, 1.82) is 5.41 Å². The van der Waals surface area contributed by atoms with Crippen LogP contribution < -0.4 is 5.32 Å². The van der Waals surface area contributed by atoms with Crippen LogP contribution in [0.1, 0.15) is 18.0 Å². The summed E-state index contributed by atoms with van der Waals surface area (Å²) in [6.45, 7) is 0. The van der Waals surface area contributed by atoms with Crippen molar-refractivity contribution in [3.63, 3.8) is 0 Å². The van der Waals surface area contributed by atoms with Crippen LogP contribution in [-0.4, -0.2) is 11.7 Å². The molecule has 0 aromatic heterocycles. The zero-order valence-corrected chi connectivity index (χ0v) is 13.7. The van der Waals surface area contributed by atoms with Crippen LogP contribution >= 0.6 is 23.4 Å². The summed E-state index contributed by atoms with van der Waals surface area (Å²) in [6, 6.07) is 11.6. The van der Waals surface area contributed by atoms with Crippen molar-refractivity contribution in [1.82, 2.24) is 0 Å². The Kier molecular flexibility index (Phi) is 4.93. The molecule has 1 aliphatic rings. The molecule has 0 bridgehead atoms. The number of fused-ring (bicyclic) bond motifs is 1. The molecule has 2 aromatic carbocycles. The van der Waals surface area contributed by atoms with Gasteiger partial charge in [-0.05, 0) is 42.3 Å². The number of benzene rings is 2. The first-order valence-corrected chi connectivity index (χ1v) is 8.43. The van der Waals surface area contributed by atoms with E-state index in [0.29, 0.717) is 10.7 Å². The topological polar surface area (TPSA) is 60.6 Å². The summed E-state index contributed by atoms with van der Waals surface area (Å²) in [6.07, 6.45) is 0.768. The van der Waals surface area contributed by atoms with Gasteiger partial charge >= 0.3 is 0 Å². The molecule has 0 saturated carbocycles. The molecule has 3 rings (SSSR count). The maximum absolute atomic E-state index is 13.4. The van der Waals surface area contributed by atoms with E-state index in [1.54, 1.807) is 30.0 Å². The lowest BCUT2D eigenvalue weighted by molar-refractivity contribution is 0.603. The summed E-state index contributed by atoms with van der Waals surface area (Å²) < 4.78 is 13.4. The average Bonchev–Trinajstić information content (AvgIpc) is 2.55. The molecule has 4 nitrogen and oxygen atoms in total. The summed E-state index contributed by atoms with van der Waals surface area (Å²) in [5.74, 6) is 0.512. The predicted octanol–water partition coefficient (Wildman–Crippen LogP) is 5.52. The van der Waals surface area contributed by atoms with E-state index in [2.05, 4.69) is 15.5 Å². The highest BCUT2D eigenvalue weighted by molar-refractivity contribution is 7.99. The highest BCUT2D eigenvalue weighted by Crippen LogP contribution is 2.38. The Labute approximate surface area is 142 Å². The SMILES string of the molecule is N=C(N=NC1CCSc2ccc(F)cc21)Nc1ccccc1Cl. The van der Waals surface area contributed by atoms with E-state index < -0.39 is 0 Å². The Hall–Kier alpha value is -1.92. The largest absolute Gasteiger partial charge is 0.322 e. The second-order valence-electron chi connectivity index (χ2n) is 5.00. The van der Waals surface area contributed by atoms with Gasteiger partial charge in [0.25, 0.3) is 0 Å². The van der Waals surface area contributed by atoms with Crippen molar-refractivity contribution in [2.75, 3.05) is 11.1 Å². The summed E-state index contributed by atoms with van der Waals surface area (Å²) in [4.78, 5) is 1.02. The molecule has 118 valence electrons. The van der Waals surface area contributed by atoms with Crippen LogP contribution in [0.15, 0.2) is 57.6 Å². The molecule has 2 N–H and O–H groups in total. The summed E-state index contributed by atoms with van der Waals surface area (Å²) in [7, 11) is 0. The van der Waals surface area contributed by atoms with E-state index in [1.807, 2.05) is 12.1 Å². The molecule has 0 amide bonds. The molecule has 1 heterocycles. The van der Waals surface area contributed by atoms with Crippen LogP contribution in [0.5, 0.6) is 0 Å². The summed E-state index contributed by atoms with van der Waals surface area (Å²) in [5.41, 5.74) is 1.43. The number of para-hydroxylation sites is 1. The fraction of sp³-hybridized carbons (Fsp3) is 0.188. The van der Waals surface area contributed by atoms with E-state index in [0.717, 1.165) is 22.6 Å². The predicted molar refractivity (Wildman–Crippen MR) is 92.1 cm³/mol. The van der Waals surface area contributed by atoms with Gasteiger partial charge in [-0.3, -0.25) is 5.41 Å². The number of halogens is 2. The average molecular weight is 349 g/mol. The Bertz CT molecular complexity index is 765. The van der Waals surface area contributed by atoms with Gasteiger partial charge in [0, 0.05) is 10.6 Å². The van der Waals surface area contributed by atoms with E-state index in [4.69, 9.17) is 17.0 Å². The minimum atomic E-state index is -0.282. The third-order valence-corrected chi connectivity index (χ3v) is 4.86. The van der Waals surface area contributed by atoms with Crippen molar-refractivity contribution in [2.24, 2.45) is 10.2 Å². The number of anilines is 1. The quantitative estimate of drug-likeness (QED) is 0.426. The summed E-state index contributed by atoms with van der Waals surface area (Å²) in [5, 5.41) is 19.3. The van der Waals surface area contributed by atoms with Gasteiger partial charge < -0.3 is 5.32 Å². The first-order chi connectivity index (χ1) is 11.1. The Morgan fingerprint density at radius 3 is 2.96 bits per heavy atom. The third kappa shape index (κ3) is 3.89. The number of thioether (sulfide) groups is 1. The smallest absolute Gasteiger partial charge is 0.239 e. The normalized spacial score (nSPS) is 17.0. The van der Waals surface area contributed by atoms with Crippen LogP contribution in [0, 0.1) is 11.2 Å². The first-order valence-electron chi connectivity index (χ1n) is 7.06.